The first-order valence-corrected chi connectivity index (χ1v) is 6.31. The molecule has 1 unspecified atom stereocenters. The second-order valence-electron chi connectivity index (χ2n) is 4.39. The Bertz CT molecular complexity index is 563. The second-order valence-corrected chi connectivity index (χ2v) is 4.39. The van der Waals surface area contributed by atoms with E-state index >= 15 is 0 Å². The number of carbonyl (C=O) groups is 2. The van der Waals surface area contributed by atoms with E-state index in [-0.39, 0.29) is 17.3 Å². The Labute approximate surface area is 120 Å². The summed E-state index contributed by atoms with van der Waals surface area (Å²) in [7, 11) is 0. The number of halogens is 2. The smallest absolute Gasteiger partial charge is 0.387 e. The minimum atomic E-state index is -2.97. The highest BCUT2D eigenvalue weighted by atomic mass is 19.3. The number of anilines is 1. The standard InChI is InChI=1S/C14H14F2N2O3/c1-2-12(19)17-9-7-8-18(13(9)20)10-5-3-4-6-11(10)21-14(15)16/h2-6,9,14H,1,7-8H2,(H,17,19). The third-order valence-electron chi connectivity index (χ3n) is 3.08. The van der Waals surface area contributed by atoms with E-state index in [0.29, 0.717) is 13.0 Å². The maximum Gasteiger partial charge on any atom is 0.387 e. The normalized spacial score (nSPS) is 18.0. The average Bonchev–Trinajstić information content (AvgIpc) is 2.80. The molecule has 1 aromatic rings. The van der Waals surface area contributed by atoms with E-state index in [4.69, 9.17) is 0 Å². The van der Waals surface area contributed by atoms with Crippen LogP contribution in [0.15, 0.2) is 36.9 Å². The molecule has 1 aliphatic heterocycles. The van der Waals surface area contributed by atoms with Gasteiger partial charge in [-0.05, 0) is 24.6 Å². The summed E-state index contributed by atoms with van der Waals surface area (Å²) < 4.78 is 29.2. The molecule has 7 heteroatoms. The highest BCUT2D eigenvalue weighted by Gasteiger charge is 2.34. The van der Waals surface area contributed by atoms with Gasteiger partial charge in [0.1, 0.15) is 11.8 Å². The minimum absolute atomic E-state index is 0.0726. The van der Waals surface area contributed by atoms with E-state index in [1.54, 1.807) is 12.1 Å². The van der Waals surface area contributed by atoms with Crippen molar-refractivity contribution in [2.24, 2.45) is 0 Å². The van der Waals surface area contributed by atoms with Crippen molar-refractivity contribution in [3.8, 4) is 5.75 Å². The van der Waals surface area contributed by atoms with Crippen LogP contribution in [0.2, 0.25) is 0 Å². The third kappa shape index (κ3) is 3.36. The summed E-state index contributed by atoms with van der Waals surface area (Å²) in [5.74, 6) is -0.889. The van der Waals surface area contributed by atoms with Gasteiger partial charge in [0.25, 0.3) is 0 Å². The van der Waals surface area contributed by atoms with E-state index in [1.807, 2.05) is 0 Å². The fourth-order valence-corrected chi connectivity index (χ4v) is 2.16. The largest absolute Gasteiger partial charge is 0.433 e. The highest BCUT2D eigenvalue weighted by Crippen LogP contribution is 2.32. The van der Waals surface area contributed by atoms with Gasteiger partial charge in [0.2, 0.25) is 11.8 Å². The summed E-state index contributed by atoms with van der Waals surface area (Å²) >= 11 is 0. The Hall–Kier alpha value is -2.44. The number of benzene rings is 1. The molecule has 0 aromatic heterocycles. The van der Waals surface area contributed by atoms with Gasteiger partial charge in [0.15, 0.2) is 0 Å². The van der Waals surface area contributed by atoms with Crippen molar-refractivity contribution in [3.05, 3.63) is 36.9 Å². The summed E-state index contributed by atoms with van der Waals surface area (Å²) in [6.45, 7) is 0.649. The number of carbonyl (C=O) groups excluding carboxylic acids is 2. The SMILES string of the molecule is C=CC(=O)NC1CCN(c2ccccc2OC(F)F)C1=O. The number of nitrogens with zero attached hydrogens (tertiary/aromatic N) is 1. The molecule has 1 aromatic carbocycles. The molecular formula is C14H14F2N2O3. The molecule has 21 heavy (non-hydrogen) atoms. The van der Waals surface area contributed by atoms with Gasteiger partial charge >= 0.3 is 6.61 Å². The van der Waals surface area contributed by atoms with Crippen LogP contribution in [-0.4, -0.2) is 31.0 Å². The van der Waals surface area contributed by atoms with Gasteiger partial charge < -0.3 is 15.0 Å². The predicted octanol–water partition coefficient (Wildman–Crippen LogP) is 1.70. The van der Waals surface area contributed by atoms with Gasteiger partial charge in [0, 0.05) is 6.54 Å². The lowest BCUT2D eigenvalue weighted by Crippen LogP contribution is -2.40. The Kier molecular flexibility index (Phi) is 4.52. The van der Waals surface area contributed by atoms with Crippen LogP contribution >= 0.6 is 0 Å². The number of hydrogen-bond acceptors (Lipinski definition) is 3. The van der Waals surface area contributed by atoms with Crippen molar-refractivity contribution in [1.29, 1.82) is 0 Å². The van der Waals surface area contributed by atoms with Crippen LogP contribution in [0.25, 0.3) is 0 Å². The summed E-state index contributed by atoms with van der Waals surface area (Å²) in [6, 6.07) is 5.36. The Morgan fingerprint density at radius 2 is 2.19 bits per heavy atom. The maximum absolute atomic E-state index is 12.4. The Morgan fingerprint density at radius 3 is 2.86 bits per heavy atom. The highest BCUT2D eigenvalue weighted by molar-refractivity contribution is 6.03. The molecule has 2 amide bonds. The molecule has 1 heterocycles. The zero-order chi connectivity index (χ0) is 15.4. The summed E-state index contributed by atoms with van der Waals surface area (Å²) in [5.41, 5.74) is 0.262. The molecule has 0 aliphatic carbocycles. The molecule has 1 N–H and O–H groups in total. The van der Waals surface area contributed by atoms with Gasteiger partial charge in [0.05, 0.1) is 5.69 Å². The van der Waals surface area contributed by atoms with Crippen LogP contribution in [-0.2, 0) is 9.59 Å². The average molecular weight is 296 g/mol. The van der Waals surface area contributed by atoms with Crippen molar-refractivity contribution in [2.45, 2.75) is 19.1 Å². The first kappa shape index (κ1) is 15.0. The summed E-state index contributed by atoms with van der Waals surface area (Å²) in [5, 5.41) is 2.50. The molecule has 1 fully saturated rings. The van der Waals surface area contributed by atoms with Crippen LogP contribution in [0.3, 0.4) is 0 Å². The molecule has 0 spiro atoms. The van der Waals surface area contributed by atoms with Crippen molar-refractivity contribution >= 4 is 17.5 Å². The zero-order valence-electron chi connectivity index (χ0n) is 11.1. The number of ether oxygens (including phenoxy) is 1. The maximum atomic E-state index is 12.4. The molecule has 0 radical (unpaired) electrons. The molecular weight excluding hydrogens is 282 g/mol. The topological polar surface area (TPSA) is 58.6 Å². The zero-order valence-corrected chi connectivity index (χ0v) is 11.1. The van der Waals surface area contributed by atoms with Crippen LogP contribution in [0.4, 0.5) is 14.5 Å². The predicted molar refractivity (Wildman–Crippen MR) is 72.2 cm³/mol. The van der Waals surface area contributed by atoms with Crippen LogP contribution in [0.5, 0.6) is 5.75 Å². The van der Waals surface area contributed by atoms with Gasteiger partial charge in [-0.25, -0.2) is 0 Å². The molecule has 0 saturated carbocycles. The van der Waals surface area contributed by atoms with E-state index in [9.17, 15) is 18.4 Å². The lowest BCUT2D eigenvalue weighted by molar-refractivity contribution is -0.123. The second kappa shape index (κ2) is 6.34. The van der Waals surface area contributed by atoms with Gasteiger partial charge in [-0.3, -0.25) is 9.59 Å². The number of hydrogen-bond donors (Lipinski definition) is 1. The van der Waals surface area contributed by atoms with Crippen molar-refractivity contribution < 1.29 is 23.1 Å². The Morgan fingerprint density at radius 1 is 1.48 bits per heavy atom. The first-order valence-electron chi connectivity index (χ1n) is 6.31. The quantitative estimate of drug-likeness (QED) is 0.841. The molecule has 2 rings (SSSR count). The van der Waals surface area contributed by atoms with E-state index in [0.717, 1.165) is 6.08 Å². The molecule has 5 nitrogen and oxygen atoms in total. The van der Waals surface area contributed by atoms with Crippen LogP contribution in [0, 0.1) is 0 Å². The molecule has 112 valence electrons. The van der Waals surface area contributed by atoms with Crippen LogP contribution < -0.4 is 15.0 Å². The number of nitrogens with one attached hydrogen (secondary N) is 1. The number of rotatable bonds is 5. The lowest BCUT2D eigenvalue weighted by atomic mass is 10.2. The molecule has 1 aliphatic rings. The minimum Gasteiger partial charge on any atom is -0.433 e. The lowest BCUT2D eigenvalue weighted by Gasteiger charge is -2.20. The van der Waals surface area contributed by atoms with Crippen molar-refractivity contribution in [3.63, 3.8) is 0 Å². The van der Waals surface area contributed by atoms with Gasteiger partial charge in [-0.1, -0.05) is 18.7 Å². The molecule has 0 bridgehead atoms. The van der Waals surface area contributed by atoms with Crippen molar-refractivity contribution in [2.75, 3.05) is 11.4 Å². The molecule has 1 saturated heterocycles. The number of para-hydroxylation sites is 2. The van der Waals surface area contributed by atoms with E-state index in [1.165, 1.54) is 17.0 Å². The van der Waals surface area contributed by atoms with Gasteiger partial charge in [-0.2, -0.15) is 8.78 Å². The Balaban J connectivity index is 2.18. The fraction of sp³-hybridized carbons (Fsp3) is 0.286. The number of amides is 2. The van der Waals surface area contributed by atoms with Gasteiger partial charge in [-0.15, -0.1) is 0 Å². The third-order valence-corrected chi connectivity index (χ3v) is 3.08. The van der Waals surface area contributed by atoms with E-state index in [2.05, 4.69) is 16.6 Å². The molecule has 1 atom stereocenters. The first-order chi connectivity index (χ1) is 10.0. The number of alkyl halides is 2. The monoisotopic (exact) mass is 296 g/mol. The fourth-order valence-electron chi connectivity index (χ4n) is 2.16. The van der Waals surface area contributed by atoms with E-state index < -0.39 is 18.6 Å². The summed E-state index contributed by atoms with van der Waals surface area (Å²) in [6.07, 6.45) is 1.46. The van der Waals surface area contributed by atoms with Crippen molar-refractivity contribution in [1.82, 2.24) is 5.32 Å². The summed E-state index contributed by atoms with van der Waals surface area (Å²) in [4.78, 5) is 24.8. The van der Waals surface area contributed by atoms with Crippen LogP contribution in [0.1, 0.15) is 6.42 Å².